The lowest BCUT2D eigenvalue weighted by molar-refractivity contribution is -0.122. The maximum absolute atomic E-state index is 12.0. The maximum Gasteiger partial charge on any atom is 0.337 e. The van der Waals surface area contributed by atoms with Crippen LogP contribution in [-0.4, -0.2) is 36.0 Å². The SMILES string of the molecule is COc1ccc(C(=O)O)c(NC(=O)[C@H]2CCC(=O)N2)c1. The highest BCUT2D eigenvalue weighted by atomic mass is 16.5. The van der Waals surface area contributed by atoms with E-state index in [0.29, 0.717) is 18.6 Å². The van der Waals surface area contributed by atoms with Crippen molar-refractivity contribution in [3.63, 3.8) is 0 Å². The van der Waals surface area contributed by atoms with Gasteiger partial charge in [-0.2, -0.15) is 0 Å². The Labute approximate surface area is 114 Å². The van der Waals surface area contributed by atoms with Crippen LogP contribution in [0.2, 0.25) is 0 Å². The van der Waals surface area contributed by atoms with Gasteiger partial charge in [-0.1, -0.05) is 0 Å². The summed E-state index contributed by atoms with van der Waals surface area (Å²) >= 11 is 0. The lowest BCUT2D eigenvalue weighted by Crippen LogP contribution is -2.37. The van der Waals surface area contributed by atoms with Crippen LogP contribution in [0.5, 0.6) is 5.75 Å². The summed E-state index contributed by atoms with van der Waals surface area (Å²) in [7, 11) is 1.44. The summed E-state index contributed by atoms with van der Waals surface area (Å²) in [6.45, 7) is 0. The summed E-state index contributed by atoms with van der Waals surface area (Å²) in [6.07, 6.45) is 0.693. The molecular weight excluding hydrogens is 264 g/mol. The van der Waals surface area contributed by atoms with Gasteiger partial charge in [0, 0.05) is 12.5 Å². The van der Waals surface area contributed by atoms with Crippen molar-refractivity contribution in [3.8, 4) is 5.75 Å². The van der Waals surface area contributed by atoms with E-state index >= 15 is 0 Å². The van der Waals surface area contributed by atoms with E-state index in [2.05, 4.69) is 10.6 Å². The van der Waals surface area contributed by atoms with Crippen LogP contribution in [0, 0.1) is 0 Å². The molecule has 2 amide bonds. The summed E-state index contributed by atoms with van der Waals surface area (Å²) in [5.74, 6) is -1.35. The predicted molar refractivity (Wildman–Crippen MR) is 69.7 cm³/mol. The van der Waals surface area contributed by atoms with Gasteiger partial charge in [-0.3, -0.25) is 9.59 Å². The number of hydrogen-bond donors (Lipinski definition) is 3. The van der Waals surface area contributed by atoms with Crippen LogP contribution >= 0.6 is 0 Å². The molecule has 1 heterocycles. The van der Waals surface area contributed by atoms with Crippen molar-refractivity contribution < 1.29 is 24.2 Å². The number of rotatable bonds is 4. The molecule has 0 aliphatic carbocycles. The smallest absolute Gasteiger partial charge is 0.337 e. The predicted octanol–water partition coefficient (Wildman–Crippen LogP) is 0.610. The largest absolute Gasteiger partial charge is 0.497 e. The van der Waals surface area contributed by atoms with Gasteiger partial charge in [0.2, 0.25) is 11.8 Å². The van der Waals surface area contributed by atoms with Crippen molar-refractivity contribution in [2.24, 2.45) is 0 Å². The molecule has 1 aliphatic rings. The van der Waals surface area contributed by atoms with E-state index in [1.807, 2.05) is 0 Å². The number of methoxy groups -OCH3 is 1. The first-order chi connectivity index (χ1) is 9.51. The lowest BCUT2D eigenvalue weighted by Gasteiger charge is -2.13. The molecule has 1 aromatic carbocycles. The zero-order valence-electron chi connectivity index (χ0n) is 10.8. The third kappa shape index (κ3) is 2.87. The van der Waals surface area contributed by atoms with Crippen LogP contribution in [0.4, 0.5) is 5.69 Å². The minimum absolute atomic E-state index is 0.0385. The number of hydrogen-bond acceptors (Lipinski definition) is 4. The Bertz CT molecular complexity index is 570. The van der Waals surface area contributed by atoms with Crippen LogP contribution in [0.15, 0.2) is 18.2 Å². The molecule has 2 rings (SSSR count). The van der Waals surface area contributed by atoms with Gasteiger partial charge in [0.1, 0.15) is 11.8 Å². The van der Waals surface area contributed by atoms with E-state index in [9.17, 15) is 14.4 Å². The zero-order valence-corrected chi connectivity index (χ0v) is 10.8. The van der Waals surface area contributed by atoms with Crippen molar-refractivity contribution >= 4 is 23.5 Å². The summed E-state index contributed by atoms with van der Waals surface area (Å²) < 4.78 is 5.00. The minimum atomic E-state index is -1.15. The quantitative estimate of drug-likeness (QED) is 0.748. The molecule has 106 valence electrons. The normalized spacial score (nSPS) is 17.4. The van der Waals surface area contributed by atoms with Crippen LogP contribution in [-0.2, 0) is 9.59 Å². The molecule has 0 bridgehead atoms. The number of ether oxygens (including phenoxy) is 1. The van der Waals surface area contributed by atoms with Crippen LogP contribution < -0.4 is 15.4 Å². The Morgan fingerprint density at radius 1 is 1.45 bits per heavy atom. The van der Waals surface area contributed by atoms with Crippen LogP contribution in [0.3, 0.4) is 0 Å². The van der Waals surface area contributed by atoms with Crippen LogP contribution in [0.25, 0.3) is 0 Å². The van der Waals surface area contributed by atoms with E-state index in [1.165, 1.54) is 25.3 Å². The third-order valence-electron chi connectivity index (χ3n) is 3.03. The number of amides is 2. The first-order valence-corrected chi connectivity index (χ1v) is 6.03. The molecule has 0 aromatic heterocycles. The molecule has 20 heavy (non-hydrogen) atoms. The van der Waals surface area contributed by atoms with Gasteiger partial charge in [0.05, 0.1) is 18.4 Å². The molecule has 0 radical (unpaired) electrons. The Hall–Kier alpha value is -2.57. The van der Waals surface area contributed by atoms with E-state index in [1.54, 1.807) is 0 Å². The number of carboxylic acid groups (broad SMARTS) is 1. The number of carbonyl (C=O) groups is 3. The number of carboxylic acids is 1. The van der Waals surface area contributed by atoms with Crippen molar-refractivity contribution in [2.75, 3.05) is 12.4 Å². The number of nitrogens with one attached hydrogen (secondary N) is 2. The molecule has 1 atom stereocenters. The van der Waals surface area contributed by atoms with Crippen molar-refractivity contribution in [2.45, 2.75) is 18.9 Å². The summed E-state index contributed by atoms with van der Waals surface area (Å²) in [6, 6.07) is 3.65. The highest BCUT2D eigenvalue weighted by molar-refractivity contribution is 6.04. The molecule has 7 nitrogen and oxygen atoms in total. The number of carbonyl (C=O) groups excluding carboxylic acids is 2. The fraction of sp³-hybridized carbons (Fsp3) is 0.308. The maximum atomic E-state index is 12.0. The molecule has 1 saturated heterocycles. The molecular formula is C13H14N2O5. The third-order valence-corrected chi connectivity index (χ3v) is 3.03. The Kier molecular flexibility index (Phi) is 3.88. The second-order valence-electron chi connectivity index (χ2n) is 4.36. The highest BCUT2D eigenvalue weighted by Crippen LogP contribution is 2.23. The van der Waals surface area contributed by atoms with E-state index in [4.69, 9.17) is 9.84 Å². The molecule has 3 N–H and O–H groups in total. The second kappa shape index (κ2) is 5.60. The van der Waals surface area contributed by atoms with E-state index < -0.39 is 17.9 Å². The summed E-state index contributed by atoms with van der Waals surface area (Å²) in [4.78, 5) is 34.2. The van der Waals surface area contributed by atoms with Gasteiger partial charge >= 0.3 is 5.97 Å². The minimum Gasteiger partial charge on any atom is -0.497 e. The van der Waals surface area contributed by atoms with E-state index in [-0.39, 0.29) is 17.2 Å². The zero-order chi connectivity index (χ0) is 14.7. The Balaban J connectivity index is 2.20. The fourth-order valence-electron chi connectivity index (χ4n) is 1.97. The molecule has 1 aromatic rings. The fourth-order valence-corrected chi connectivity index (χ4v) is 1.97. The average Bonchev–Trinajstić information content (AvgIpc) is 2.85. The molecule has 0 spiro atoms. The second-order valence-corrected chi connectivity index (χ2v) is 4.36. The van der Waals surface area contributed by atoms with Crippen molar-refractivity contribution in [3.05, 3.63) is 23.8 Å². The molecule has 0 unspecified atom stereocenters. The van der Waals surface area contributed by atoms with Gasteiger partial charge in [-0.05, 0) is 18.6 Å². The topological polar surface area (TPSA) is 105 Å². The Morgan fingerprint density at radius 3 is 2.75 bits per heavy atom. The van der Waals surface area contributed by atoms with Gasteiger partial charge in [0.15, 0.2) is 0 Å². The molecule has 1 aliphatic heterocycles. The van der Waals surface area contributed by atoms with Crippen molar-refractivity contribution in [1.29, 1.82) is 0 Å². The van der Waals surface area contributed by atoms with Gasteiger partial charge < -0.3 is 20.5 Å². The van der Waals surface area contributed by atoms with Gasteiger partial charge in [0.25, 0.3) is 0 Å². The molecule has 7 heteroatoms. The number of anilines is 1. The number of aromatic carboxylic acids is 1. The standard InChI is InChI=1S/C13H14N2O5/c1-20-7-2-3-8(13(18)19)10(6-7)15-12(17)9-4-5-11(16)14-9/h2-3,6,9H,4-5H2,1H3,(H,14,16)(H,15,17)(H,18,19)/t9-/m1/s1. The van der Waals surface area contributed by atoms with Crippen LogP contribution in [0.1, 0.15) is 23.2 Å². The first-order valence-electron chi connectivity index (χ1n) is 6.03. The Morgan fingerprint density at radius 2 is 2.20 bits per heavy atom. The summed E-state index contributed by atoms with van der Waals surface area (Å²) in [5, 5.41) is 14.1. The first kappa shape index (κ1) is 13.9. The molecule has 0 saturated carbocycles. The van der Waals surface area contributed by atoms with E-state index in [0.717, 1.165) is 0 Å². The average molecular weight is 278 g/mol. The van der Waals surface area contributed by atoms with Crippen molar-refractivity contribution in [1.82, 2.24) is 5.32 Å². The monoisotopic (exact) mass is 278 g/mol. The van der Waals surface area contributed by atoms with Gasteiger partial charge in [-0.15, -0.1) is 0 Å². The number of benzene rings is 1. The highest BCUT2D eigenvalue weighted by Gasteiger charge is 2.28. The summed E-state index contributed by atoms with van der Waals surface area (Å²) in [5.41, 5.74) is 0.103. The lowest BCUT2D eigenvalue weighted by atomic mass is 10.1. The molecule has 1 fully saturated rings. The van der Waals surface area contributed by atoms with Gasteiger partial charge in [-0.25, -0.2) is 4.79 Å².